The molecule has 1 aromatic heterocycles. The molecule has 0 unspecified atom stereocenters. The molecule has 2 aromatic rings. The summed E-state index contributed by atoms with van der Waals surface area (Å²) >= 11 is 0. The Bertz CT molecular complexity index is 850. The van der Waals surface area contributed by atoms with Gasteiger partial charge in [0.15, 0.2) is 5.78 Å². The lowest BCUT2D eigenvalue weighted by Crippen LogP contribution is -2.17. The van der Waals surface area contributed by atoms with Crippen LogP contribution in [-0.2, 0) is 22.4 Å². The summed E-state index contributed by atoms with van der Waals surface area (Å²) in [5, 5.41) is 2.83. The number of carbonyl (C=O) groups is 3. The van der Waals surface area contributed by atoms with Crippen molar-refractivity contribution >= 4 is 23.3 Å². The van der Waals surface area contributed by atoms with Crippen LogP contribution in [0.4, 0.5) is 5.69 Å². The lowest BCUT2D eigenvalue weighted by molar-refractivity contribution is -0.115. The van der Waals surface area contributed by atoms with Gasteiger partial charge in [-0.25, -0.2) is 4.79 Å². The van der Waals surface area contributed by atoms with Crippen LogP contribution in [0.1, 0.15) is 70.8 Å². The Morgan fingerprint density at radius 1 is 1.11 bits per heavy atom. The maximum absolute atomic E-state index is 12.5. The number of methoxy groups -OCH3 is 1. The number of Topliss-reactive ketones (excluding diaryl/α,β-unsaturated/α-hetero) is 1. The minimum Gasteiger partial charge on any atom is -0.465 e. The second-order valence-corrected chi connectivity index (χ2v) is 6.91. The molecular weight excluding hydrogens is 356 g/mol. The second-order valence-electron chi connectivity index (χ2n) is 6.91. The van der Waals surface area contributed by atoms with Gasteiger partial charge in [0.05, 0.1) is 24.8 Å². The van der Waals surface area contributed by atoms with E-state index in [2.05, 4.69) is 17.2 Å². The van der Waals surface area contributed by atoms with Crippen molar-refractivity contribution in [2.45, 2.75) is 52.9 Å². The van der Waals surface area contributed by atoms with E-state index in [1.165, 1.54) is 32.4 Å². The monoisotopic (exact) mass is 384 g/mol. The van der Waals surface area contributed by atoms with E-state index in [0.29, 0.717) is 22.6 Å². The lowest BCUT2D eigenvalue weighted by Gasteiger charge is -2.07. The zero-order valence-corrected chi connectivity index (χ0v) is 17.0. The molecule has 2 rings (SSSR count). The van der Waals surface area contributed by atoms with E-state index in [9.17, 15) is 14.4 Å². The number of aromatic amines is 1. The third-order valence-electron chi connectivity index (χ3n) is 4.71. The minimum absolute atomic E-state index is 0.0587. The molecular formula is C22H28N2O4. The number of esters is 1. The van der Waals surface area contributed by atoms with Gasteiger partial charge in [-0.05, 0) is 43.0 Å². The van der Waals surface area contributed by atoms with Crippen molar-refractivity contribution in [2.24, 2.45) is 0 Å². The molecule has 2 N–H and O–H groups in total. The number of unbranched alkanes of at least 4 members (excludes halogenated alkanes) is 2. The average molecular weight is 384 g/mol. The summed E-state index contributed by atoms with van der Waals surface area (Å²) in [5.74, 6) is -1.05. The van der Waals surface area contributed by atoms with Crippen molar-refractivity contribution in [1.82, 2.24) is 4.98 Å². The van der Waals surface area contributed by atoms with E-state index in [4.69, 9.17) is 4.74 Å². The van der Waals surface area contributed by atoms with Crippen LogP contribution in [0.5, 0.6) is 0 Å². The number of hydrogen-bond donors (Lipinski definition) is 2. The maximum atomic E-state index is 12.5. The number of aromatic nitrogens is 1. The Morgan fingerprint density at radius 2 is 1.79 bits per heavy atom. The molecule has 0 radical (unpaired) electrons. The summed E-state index contributed by atoms with van der Waals surface area (Å²) < 4.78 is 4.80. The first-order chi connectivity index (χ1) is 13.4. The van der Waals surface area contributed by atoms with Gasteiger partial charge >= 0.3 is 5.97 Å². The normalized spacial score (nSPS) is 10.6. The fraction of sp³-hybridized carbons (Fsp3) is 0.409. The molecule has 0 atom stereocenters. The lowest BCUT2D eigenvalue weighted by atomic mass is 10.1. The fourth-order valence-corrected chi connectivity index (χ4v) is 3.22. The Morgan fingerprint density at radius 3 is 2.36 bits per heavy atom. The molecule has 0 saturated carbocycles. The predicted octanol–water partition coefficient (Wildman–Crippen LogP) is 4.23. The number of benzene rings is 1. The Balaban J connectivity index is 2.09. The van der Waals surface area contributed by atoms with Crippen molar-refractivity contribution < 1.29 is 19.1 Å². The number of ketones is 1. The third kappa shape index (κ3) is 5.31. The van der Waals surface area contributed by atoms with Crippen LogP contribution >= 0.6 is 0 Å². The molecule has 1 amide bonds. The van der Waals surface area contributed by atoms with Crippen molar-refractivity contribution in [2.75, 3.05) is 12.4 Å². The largest absolute Gasteiger partial charge is 0.465 e. The number of nitrogens with one attached hydrogen (secondary N) is 2. The minimum atomic E-state index is -0.569. The average Bonchev–Trinajstić information content (AvgIpc) is 2.99. The van der Waals surface area contributed by atoms with Crippen molar-refractivity contribution in [3.05, 3.63) is 52.3 Å². The molecule has 0 aliphatic heterocycles. The topological polar surface area (TPSA) is 88.3 Å². The van der Waals surface area contributed by atoms with Crippen LogP contribution in [-0.4, -0.2) is 29.8 Å². The number of aryl methyl sites for hydroxylation is 1. The first kappa shape index (κ1) is 21.4. The van der Waals surface area contributed by atoms with Crippen LogP contribution in [0.15, 0.2) is 24.3 Å². The van der Waals surface area contributed by atoms with Gasteiger partial charge in [0, 0.05) is 18.3 Å². The first-order valence-electron chi connectivity index (χ1n) is 9.56. The molecule has 0 aliphatic rings. The molecule has 6 nitrogen and oxygen atoms in total. The molecule has 0 aliphatic carbocycles. The molecule has 0 fully saturated rings. The van der Waals surface area contributed by atoms with Gasteiger partial charge in [0.2, 0.25) is 5.91 Å². The molecule has 0 saturated heterocycles. The number of amides is 1. The van der Waals surface area contributed by atoms with Gasteiger partial charge in [-0.2, -0.15) is 0 Å². The highest BCUT2D eigenvalue weighted by Gasteiger charge is 2.24. The summed E-state index contributed by atoms with van der Waals surface area (Å²) in [7, 11) is 1.27. The Hall–Kier alpha value is -2.89. The van der Waals surface area contributed by atoms with Crippen molar-refractivity contribution in [1.29, 1.82) is 0 Å². The van der Waals surface area contributed by atoms with Crippen molar-refractivity contribution in [3.8, 4) is 0 Å². The molecule has 1 heterocycles. The zero-order chi connectivity index (χ0) is 20.7. The molecule has 28 heavy (non-hydrogen) atoms. The molecule has 0 bridgehead atoms. The van der Waals surface area contributed by atoms with Crippen molar-refractivity contribution in [3.63, 3.8) is 0 Å². The number of ether oxygens (including phenoxy) is 1. The summed E-state index contributed by atoms with van der Waals surface area (Å²) in [4.78, 5) is 39.2. The van der Waals surface area contributed by atoms with E-state index in [0.717, 1.165) is 12.8 Å². The molecule has 150 valence electrons. The van der Waals surface area contributed by atoms with E-state index in [1.54, 1.807) is 6.92 Å². The van der Waals surface area contributed by atoms with Gasteiger partial charge in [-0.1, -0.05) is 31.9 Å². The number of rotatable bonds is 9. The predicted molar refractivity (Wildman–Crippen MR) is 109 cm³/mol. The van der Waals surface area contributed by atoms with Crippen LogP contribution in [0.2, 0.25) is 0 Å². The van der Waals surface area contributed by atoms with E-state index in [-0.39, 0.29) is 23.7 Å². The van der Waals surface area contributed by atoms with Gasteiger partial charge < -0.3 is 15.0 Å². The highest BCUT2D eigenvalue weighted by atomic mass is 16.5. The first-order valence-corrected chi connectivity index (χ1v) is 9.56. The zero-order valence-electron chi connectivity index (χ0n) is 17.0. The Labute approximate surface area is 165 Å². The summed E-state index contributed by atoms with van der Waals surface area (Å²) in [6.45, 7) is 5.25. The fourth-order valence-electron chi connectivity index (χ4n) is 3.22. The van der Waals surface area contributed by atoms with Crippen LogP contribution in [0.3, 0.4) is 0 Å². The molecule has 0 spiro atoms. The van der Waals surface area contributed by atoms with Crippen LogP contribution in [0.25, 0.3) is 0 Å². The van der Waals surface area contributed by atoms with Crippen LogP contribution < -0.4 is 5.32 Å². The quantitative estimate of drug-likeness (QED) is 0.385. The number of anilines is 1. The molecule has 6 heteroatoms. The summed E-state index contributed by atoms with van der Waals surface area (Å²) in [5.41, 5.74) is 3.38. The summed E-state index contributed by atoms with van der Waals surface area (Å²) in [6.07, 6.45) is 4.52. The van der Waals surface area contributed by atoms with Gasteiger partial charge in [-0.15, -0.1) is 0 Å². The smallest absolute Gasteiger partial charge is 0.339 e. The van der Waals surface area contributed by atoms with E-state index in [1.807, 2.05) is 24.3 Å². The SMILES string of the molecule is CCCCCc1ccc(NC(=O)Cc2[nH]c(C(C)=O)c(C)c2C(=O)OC)cc1. The summed E-state index contributed by atoms with van der Waals surface area (Å²) in [6, 6.07) is 7.78. The Kier molecular flexibility index (Phi) is 7.55. The third-order valence-corrected chi connectivity index (χ3v) is 4.71. The standard InChI is InChI=1S/C22H28N2O4/c1-5-6-7-8-16-9-11-17(12-10-16)23-19(26)13-18-20(22(27)28-4)14(2)21(24-18)15(3)25/h9-12,24H,5-8,13H2,1-4H3,(H,23,26). The van der Waals surface area contributed by atoms with Gasteiger partial charge in [0.25, 0.3) is 0 Å². The van der Waals surface area contributed by atoms with E-state index >= 15 is 0 Å². The molecule has 1 aromatic carbocycles. The number of hydrogen-bond acceptors (Lipinski definition) is 4. The van der Waals surface area contributed by atoms with Crippen LogP contribution in [0, 0.1) is 6.92 Å². The second kappa shape index (κ2) is 9.88. The van der Waals surface area contributed by atoms with Gasteiger partial charge in [-0.3, -0.25) is 9.59 Å². The van der Waals surface area contributed by atoms with Gasteiger partial charge in [0.1, 0.15) is 0 Å². The highest BCUT2D eigenvalue weighted by Crippen LogP contribution is 2.21. The van der Waals surface area contributed by atoms with E-state index < -0.39 is 5.97 Å². The number of carbonyl (C=O) groups excluding carboxylic acids is 3. The highest BCUT2D eigenvalue weighted by molar-refractivity contribution is 6.02. The number of H-pyrrole nitrogens is 1. The maximum Gasteiger partial charge on any atom is 0.339 e.